The van der Waals surface area contributed by atoms with Gasteiger partial charge in [0.15, 0.2) is 11.6 Å². The van der Waals surface area contributed by atoms with Crippen LogP contribution >= 0.6 is 0 Å². The molecule has 0 aromatic heterocycles. The zero-order chi connectivity index (χ0) is 31.9. The Morgan fingerprint density at radius 1 is 0.867 bits per heavy atom. The molecule has 1 aliphatic carbocycles. The molecule has 0 amide bonds. The van der Waals surface area contributed by atoms with Crippen molar-refractivity contribution < 1.29 is 39.9 Å². The third kappa shape index (κ3) is 6.36. The number of hydrogen-bond acceptors (Lipinski definition) is 7. The van der Waals surface area contributed by atoms with Crippen LogP contribution in [-0.2, 0) is 20.1 Å². The molecule has 0 spiro atoms. The molecule has 0 saturated heterocycles. The Kier molecular flexibility index (Phi) is 7.52. The molecule has 0 saturated carbocycles. The first-order valence-corrected chi connectivity index (χ1v) is 16.7. The molecule has 0 unspecified atom stereocenters. The number of para-hydroxylation sites is 2. The first kappa shape index (κ1) is 29.8. The van der Waals surface area contributed by atoms with Crippen molar-refractivity contribution in [2.24, 2.45) is 0 Å². The molecule has 1 aliphatic heterocycles. The van der Waals surface area contributed by atoms with Crippen molar-refractivity contribution in [3.05, 3.63) is 114 Å². The van der Waals surface area contributed by atoms with Crippen molar-refractivity contribution in [3.63, 3.8) is 0 Å². The van der Waals surface area contributed by atoms with Crippen molar-refractivity contribution in [2.45, 2.75) is 4.90 Å². The van der Waals surface area contributed by atoms with Gasteiger partial charge in [-0.1, -0.05) is 30.3 Å². The number of sulfonamides is 1. The lowest BCUT2D eigenvalue weighted by molar-refractivity contribution is -0.405. The summed E-state index contributed by atoms with van der Waals surface area (Å²) in [5.41, 5.74) is 8.44. The molecule has 45 heavy (non-hydrogen) atoms. The molecule has 5 N–H and O–H groups in total. The number of hydrogen-bond donors (Lipinski definition) is 4. The van der Waals surface area contributed by atoms with Crippen LogP contribution in [0.4, 0.5) is 21.5 Å². The zero-order valence-electron chi connectivity index (χ0n) is 23.5. The van der Waals surface area contributed by atoms with E-state index < -0.39 is 26.0 Å². The normalized spacial score (nSPS) is 12.5. The Hall–Kier alpha value is -5.24. The maximum atomic E-state index is 15.2. The molecule has 10 nitrogen and oxygen atoms in total. The van der Waals surface area contributed by atoms with E-state index >= 15 is 4.39 Å². The molecule has 4 aromatic rings. The standard InChI is InChI=1S/C32H24FN3O7S2/c1-44(37,38)36-27-7-3-4-8-28(27)42-21-12-15-26(25(33)18-21)35-20-11-14-23-30(17-20)43-29-16-19(34)10-13-22(29)32(23)24-6-2-5-9-31(24)45(39,40)41/h2-18,36H,34H2,1H3,(H,39,40,41)/p+1. The number of nitrogen functional groups attached to an aromatic ring is 1. The van der Waals surface area contributed by atoms with Gasteiger partial charge in [0.05, 0.1) is 18.0 Å². The van der Waals surface area contributed by atoms with Crippen LogP contribution in [0.5, 0.6) is 11.5 Å². The number of rotatable bonds is 7. The number of nitrogens with one attached hydrogen (secondary N) is 2. The van der Waals surface area contributed by atoms with Gasteiger partial charge in [-0.2, -0.15) is 12.8 Å². The molecule has 6 rings (SSSR count). The second-order valence-corrected chi connectivity index (χ2v) is 13.3. The maximum absolute atomic E-state index is 15.2. The van der Waals surface area contributed by atoms with Gasteiger partial charge in [-0.05, 0) is 42.5 Å². The third-order valence-electron chi connectivity index (χ3n) is 6.81. The summed E-state index contributed by atoms with van der Waals surface area (Å²) in [5.74, 6) is 0.0275. The summed E-state index contributed by atoms with van der Waals surface area (Å²) in [4.78, 5) is 2.74. The number of fused-ring (bicyclic) bond motifs is 2. The van der Waals surface area contributed by atoms with Crippen molar-refractivity contribution in [1.29, 1.82) is 0 Å². The highest BCUT2D eigenvalue weighted by atomic mass is 32.2. The average Bonchev–Trinajstić information content (AvgIpc) is 2.97. The number of nitrogens with two attached hydrogens (primary N) is 1. The fraction of sp³-hybridized carbons (Fsp3) is 0.0312. The number of anilines is 2. The summed E-state index contributed by atoms with van der Waals surface area (Å²) in [7, 11) is -8.13. The fourth-order valence-corrected chi connectivity index (χ4v) is 6.22. The van der Waals surface area contributed by atoms with Crippen LogP contribution in [-0.4, -0.2) is 27.6 Å². The average molecular weight is 647 g/mol. The Morgan fingerprint density at radius 2 is 1.62 bits per heavy atom. The maximum Gasteiger partial charge on any atom is 0.295 e. The molecule has 4 aromatic carbocycles. The van der Waals surface area contributed by atoms with E-state index in [1.54, 1.807) is 66.7 Å². The van der Waals surface area contributed by atoms with Crippen molar-refractivity contribution in [2.75, 3.05) is 16.7 Å². The topological polar surface area (TPSA) is 163 Å². The van der Waals surface area contributed by atoms with E-state index in [1.807, 2.05) is 0 Å². The van der Waals surface area contributed by atoms with Crippen LogP contribution in [0.25, 0.3) is 33.4 Å². The SMILES string of the molecule is CS(=O)(=O)Nc1ccccc1Oc1ccc([NH+]=c2ccc3c(-c4ccccc4S(=O)(=O)O)c4ccc(N)cc4oc-3c2)c(F)c1. The van der Waals surface area contributed by atoms with Crippen LogP contribution in [0, 0.1) is 5.82 Å². The Morgan fingerprint density at radius 3 is 2.38 bits per heavy atom. The van der Waals surface area contributed by atoms with Crippen molar-refractivity contribution in [3.8, 4) is 33.9 Å². The molecule has 13 heteroatoms. The minimum atomic E-state index is -4.56. The van der Waals surface area contributed by atoms with Gasteiger partial charge in [0.2, 0.25) is 21.1 Å². The highest BCUT2D eigenvalue weighted by Gasteiger charge is 2.24. The smallest absolute Gasteiger partial charge is 0.295 e. The molecular weight excluding hydrogens is 621 g/mol. The second-order valence-electron chi connectivity index (χ2n) is 10.2. The van der Waals surface area contributed by atoms with Gasteiger partial charge >= 0.3 is 0 Å². The van der Waals surface area contributed by atoms with Crippen LogP contribution in [0.1, 0.15) is 0 Å². The lowest BCUT2D eigenvalue weighted by Crippen LogP contribution is -2.70. The van der Waals surface area contributed by atoms with Gasteiger partial charge in [-0.25, -0.2) is 13.4 Å². The van der Waals surface area contributed by atoms with E-state index in [4.69, 9.17) is 14.9 Å². The van der Waals surface area contributed by atoms with Crippen LogP contribution < -0.4 is 25.5 Å². The fourth-order valence-electron chi connectivity index (χ4n) is 4.96. The van der Waals surface area contributed by atoms with Crippen molar-refractivity contribution >= 4 is 48.2 Å². The van der Waals surface area contributed by atoms with E-state index in [9.17, 15) is 21.4 Å². The zero-order valence-corrected chi connectivity index (χ0v) is 25.1. The van der Waals surface area contributed by atoms with Gasteiger partial charge in [-0.15, -0.1) is 0 Å². The lowest BCUT2D eigenvalue weighted by atomic mass is 9.93. The highest BCUT2D eigenvalue weighted by molar-refractivity contribution is 7.92. The molecular formula is C32H25FN3O7S2+. The number of halogens is 1. The van der Waals surface area contributed by atoms with Gasteiger partial charge < -0.3 is 14.9 Å². The third-order valence-corrected chi connectivity index (χ3v) is 8.31. The summed E-state index contributed by atoms with van der Waals surface area (Å²) in [6.45, 7) is 0. The highest BCUT2D eigenvalue weighted by Crippen LogP contribution is 2.42. The first-order chi connectivity index (χ1) is 21.4. The van der Waals surface area contributed by atoms with Crippen LogP contribution in [0.3, 0.4) is 0 Å². The van der Waals surface area contributed by atoms with E-state index in [0.29, 0.717) is 38.9 Å². The van der Waals surface area contributed by atoms with Gasteiger partial charge in [-0.3, -0.25) is 9.27 Å². The summed E-state index contributed by atoms with van der Waals surface area (Å²) in [6.07, 6.45) is 1.02. The Labute approximate surface area is 257 Å². The molecule has 1 heterocycles. The molecule has 0 radical (unpaired) electrons. The molecule has 228 valence electrons. The van der Waals surface area contributed by atoms with Gasteiger partial charge in [0.1, 0.15) is 22.0 Å². The minimum Gasteiger partial charge on any atom is -0.456 e. The first-order valence-electron chi connectivity index (χ1n) is 13.3. The number of ether oxygens (including phenoxy) is 1. The van der Waals surface area contributed by atoms with Crippen LogP contribution in [0.15, 0.2) is 112 Å². The largest absolute Gasteiger partial charge is 0.456 e. The lowest BCUT2D eigenvalue weighted by Gasteiger charge is -2.16. The summed E-state index contributed by atoms with van der Waals surface area (Å²) in [6, 6.07) is 26.6. The minimum absolute atomic E-state index is 0.117. The van der Waals surface area contributed by atoms with E-state index in [0.717, 1.165) is 12.3 Å². The molecule has 0 bridgehead atoms. The predicted molar refractivity (Wildman–Crippen MR) is 168 cm³/mol. The van der Waals surface area contributed by atoms with E-state index in [2.05, 4.69) is 9.71 Å². The summed E-state index contributed by atoms with van der Waals surface area (Å²) >= 11 is 0. The van der Waals surface area contributed by atoms with Gasteiger partial charge in [0, 0.05) is 52.0 Å². The Bertz CT molecular complexity index is 2370. The molecule has 0 fully saturated rings. The predicted octanol–water partition coefficient (Wildman–Crippen LogP) is 4.65. The van der Waals surface area contributed by atoms with Crippen molar-refractivity contribution in [1.82, 2.24) is 0 Å². The second kappa shape index (κ2) is 11.4. The van der Waals surface area contributed by atoms with Crippen LogP contribution in [0.2, 0.25) is 0 Å². The molecule has 0 atom stereocenters. The summed E-state index contributed by atoms with van der Waals surface area (Å²) < 4.78 is 87.4. The van der Waals surface area contributed by atoms with Gasteiger partial charge in [0.25, 0.3) is 10.1 Å². The number of benzene rings is 5. The Balaban J connectivity index is 1.43. The van der Waals surface area contributed by atoms with E-state index in [-0.39, 0.29) is 33.3 Å². The van der Waals surface area contributed by atoms with E-state index in [1.165, 1.54) is 30.3 Å². The monoisotopic (exact) mass is 646 g/mol. The molecule has 2 aliphatic rings. The summed E-state index contributed by atoms with van der Waals surface area (Å²) in [5, 5.41) is 1.03. The quantitative estimate of drug-likeness (QED) is 0.111.